The highest BCUT2D eigenvalue weighted by Gasteiger charge is 2.06. The van der Waals surface area contributed by atoms with Crippen LogP contribution in [0.4, 0.5) is 0 Å². The van der Waals surface area contributed by atoms with Crippen molar-refractivity contribution in [3.63, 3.8) is 0 Å². The van der Waals surface area contributed by atoms with Gasteiger partial charge in [0, 0.05) is 13.6 Å². The molecular formula is C11H17BrIN3O. The topological polar surface area (TPSA) is 59.6 Å². The highest BCUT2D eigenvalue weighted by molar-refractivity contribution is 14.0. The number of guanidine groups is 1. The fourth-order valence-electron chi connectivity index (χ4n) is 1.38. The Morgan fingerprint density at radius 2 is 2.24 bits per heavy atom. The monoisotopic (exact) mass is 413 g/mol. The van der Waals surface area contributed by atoms with E-state index in [0.29, 0.717) is 5.96 Å². The first-order valence-corrected chi connectivity index (χ1v) is 5.75. The third-order valence-corrected chi connectivity index (χ3v) is 2.82. The van der Waals surface area contributed by atoms with Crippen molar-refractivity contribution in [2.75, 3.05) is 20.7 Å². The summed E-state index contributed by atoms with van der Waals surface area (Å²) in [5.41, 5.74) is 6.67. The summed E-state index contributed by atoms with van der Waals surface area (Å²) in [5.74, 6) is 1.32. The van der Waals surface area contributed by atoms with E-state index in [1.54, 1.807) is 14.2 Å². The first-order chi connectivity index (χ1) is 7.69. The van der Waals surface area contributed by atoms with Gasteiger partial charge in [0.1, 0.15) is 5.75 Å². The maximum atomic E-state index is 5.54. The number of nitrogens with zero attached hydrogens (tertiary/aromatic N) is 1. The van der Waals surface area contributed by atoms with Crippen molar-refractivity contribution in [2.45, 2.75) is 6.42 Å². The summed E-state index contributed by atoms with van der Waals surface area (Å²) in [5, 5.41) is 3.01. The quantitative estimate of drug-likeness (QED) is 0.451. The van der Waals surface area contributed by atoms with Crippen molar-refractivity contribution in [2.24, 2.45) is 10.7 Å². The first-order valence-electron chi connectivity index (χ1n) is 4.96. The number of rotatable bonds is 4. The summed E-state index contributed by atoms with van der Waals surface area (Å²) >= 11 is 3.45. The molecule has 0 amide bonds. The van der Waals surface area contributed by atoms with Crippen molar-refractivity contribution in [1.29, 1.82) is 0 Å². The van der Waals surface area contributed by atoms with Gasteiger partial charge in [-0.3, -0.25) is 4.99 Å². The maximum absolute atomic E-state index is 5.54. The van der Waals surface area contributed by atoms with E-state index in [2.05, 4.69) is 26.2 Å². The molecule has 0 aromatic heterocycles. The Morgan fingerprint density at radius 1 is 1.53 bits per heavy atom. The van der Waals surface area contributed by atoms with Gasteiger partial charge in [0.05, 0.1) is 11.6 Å². The Balaban J connectivity index is 0.00000256. The van der Waals surface area contributed by atoms with Crippen molar-refractivity contribution >= 4 is 45.9 Å². The number of hydrogen-bond donors (Lipinski definition) is 2. The molecule has 0 spiro atoms. The molecule has 3 N–H and O–H groups in total. The zero-order valence-electron chi connectivity index (χ0n) is 9.87. The minimum atomic E-state index is 0. The molecule has 0 saturated heterocycles. The second-order valence-corrected chi connectivity index (χ2v) is 4.07. The van der Waals surface area contributed by atoms with Gasteiger partial charge in [-0.2, -0.15) is 0 Å². The van der Waals surface area contributed by atoms with E-state index in [0.717, 1.165) is 28.8 Å². The van der Waals surface area contributed by atoms with Gasteiger partial charge in [0.25, 0.3) is 0 Å². The number of ether oxygens (including phenoxy) is 1. The molecule has 0 aliphatic heterocycles. The average molecular weight is 414 g/mol. The lowest BCUT2D eigenvalue weighted by molar-refractivity contribution is 0.407. The van der Waals surface area contributed by atoms with E-state index in [1.165, 1.54) is 0 Å². The van der Waals surface area contributed by atoms with Crippen molar-refractivity contribution in [3.05, 3.63) is 28.2 Å². The lowest BCUT2D eigenvalue weighted by Crippen LogP contribution is -2.32. The Labute approximate surface area is 127 Å². The number of nitrogens with one attached hydrogen (secondary N) is 1. The zero-order chi connectivity index (χ0) is 12.0. The molecule has 0 bridgehead atoms. The van der Waals surface area contributed by atoms with E-state index in [4.69, 9.17) is 10.5 Å². The Kier molecular flexibility index (Phi) is 8.32. The summed E-state index contributed by atoms with van der Waals surface area (Å²) in [6.45, 7) is 0.732. The largest absolute Gasteiger partial charge is 0.495 e. The van der Waals surface area contributed by atoms with Gasteiger partial charge in [-0.25, -0.2) is 0 Å². The second-order valence-electron chi connectivity index (χ2n) is 3.22. The number of aliphatic imine (C=N–C) groups is 1. The summed E-state index contributed by atoms with van der Waals surface area (Å²) in [4.78, 5) is 3.82. The van der Waals surface area contributed by atoms with Crippen LogP contribution < -0.4 is 15.8 Å². The third kappa shape index (κ3) is 5.12. The summed E-state index contributed by atoms with van der Waals surface area (Å²) in [6, 6.07) is 5.97. The van der Waals surface area contributed by atoms with Crippen LogP contribution in [0.25, 0.3) is 0 Å². The van der Waals surface area contributed by atoms with Crippen LogP contribution in [0, 0.1) is 0 Å². The van der Waals surface area contributed by atoms with Crippen LogP contribution in [0.1, 0.15) is 5.56 Å². The molecule has 1 aromatic rings. The molecule has 0 unspecified atom stereocenters. The maximum Gasteiger partial charge on any atom is 0.188 e. The molecule has 1 aromatic carbocycles. The molecule has 96 valence electrons. The minimum absolute atomic E-state index is 0. The van der Waals surface area contributed by atoms with E-state index in [-0.39, 0.29) is 24.0 Å². The molecule has 4 nitrogen and oxygen atoms in total. The Bertz CT molecular complexity index is 385. The standard InChI is InChI=1S/C11H16BrN3O.HI/c1-14-11(13)15-7-6-8-4-3-5-9(12)10(8)16-2;/h3-5H,6-7H2,1-2H3,(H3,13,14,15);1H. The highest BCUT2D eigenvalue weighted by atomic mass is 127. The Morgan fingerprint density at radius 3 is 2.82 bits per heavy atom. The predicted molar refractivity (Wildman–Crippen MR) is 85.4 cm³/mol. The third-order valence-electron chi connectivity index (χ3n) is 2.19. The van der Waals surface area contributed by atoms with Gasteiger partial charge in [-0.1, -0.05) is 12.1 Å². The number of para-hydroxylation sites is 1. The molecule has 0 aliphatic carbocycles. The number of halogens is 2. The van der Waals surface area contributed by atoms with Gasteiger partial charge < -0.3 is 15.8 Å². The van der Waals surface area contributed by atoms with Gasteiger partial charge in [-0.15, -0.1) is 24.0 Å². The van der Waals surface area contributed by atoms with E-state index >= 15 is 0 Å². The smallest absolute Gasteiger partial charge is 0.188 e. The molecule has 0 saturated carbocycles. The molecule has 0 heterocycles. The zero-order valence-corrected chi connectivity index (χ0v) is 13.8. The molecule has 0 fully saturated rings. The lowest BCUT2D eigenvalue weighted by atomic mass is 10.1. The van der Waals surface area contributed by atoms with Gasteiger partial charge in [-0.05, 0) is 34.0 Å². The summed E-state index contributed by atoms with van der Waals surface area (Å²) < 4.78 is 6.29. The van der Waals surface area contributed by atoms with Gasteiger partial charge in [0.2, 0.25) is 0 Å². The average Bonchev–Trinajstić information content (AvgIpc) is 2.29. The number of methoxy groups -OCH3 is 1. The Hall–Kier alpha value is -0.500. The minimum Gasteiger partial charge on any atom is -0.495 e. The van der Waals surface area contributed by atoms with Crippen LogP contribution in [0.2, 0.25) is 0 Å². The number of benzene rings is 1. The molecule has 0 atom stereocenters. The summed E-state index contributed by atoms with van der Waals surface area (Å²) in [7, 11) is 3.32. The SMILES string of the molecule is CN=C(N)NCCc1cccc(Br)c1OC.I. The lowest BCUT2D eigenvalue weighted by Gasteiger charge is -2.10. The van der Waals surface area contributed by atoms with Crippen molar-refractivity contribution in [1.82, 2.24) is 5.32 Å². The fourth-order valence-corrected chi connectivity index (χ4v) is 1.95. The molecular weight excluding hydrogens is 397 g/mol. The van der Waals surface area contributed by atoms with E-state index < -0.39 is 0 Å². The van der Waals surface area contributed by atoms with E-state index in [1.807, 2.05) is 18.2 Å². The van der Waals surface area contributed by atoms with Crippen molar-refractivity contribution < 1.29 is 4.74 Å². The van der Waals surface area contributed by atoms with Crippen LogP contribution >= 0.6 is 39.9 Å². The molecule has 17 heavy (non-hydrogen) atoms. The van der Waals surface area contributed by atoms with Crippen LogP contribution in [0.5, 0.6) is 5.75 Å². The normalized spacial score (nSPS) is 10.6. The number of nitrogens with two attached hydrogens (primary N) is 1. The fraction of sp³-hybridized carbons (Fsp3) is 0.364. The van der Waals surface area contributed by atoms with Crippen LogP contribution in [0.15, 0.2) is 27.7 Å². The molecule has 0 aliphatic rings. The molecule has 1 rings (SSSR count). The van der Waals surface area contributed by atoms with Gasteiger partial charge >= 0.3 is 0 Å². The number of hydrogen-bond acceptors (Lipinski definition) is 2. The second kappa shape index (κ2) is 8.57. The van der Waals surface area contributed by atoms with E-state index in [9.17, 15) is 0 Å². The summed E-state index contributed by atoms with van der Waals surface area (Å²) in [6.07, 6.45) is 0.832. The first kappa shape index (κ1) is 16.5. The van der Waals surface area contributed by atoms with Crippen LogP contribution in [-0.2, 0) is 6.42 Å². The van der Waals surface area contributed by atoms with Crippen LogP contribution in [-0.4, -0.2) is 26.7 Å². The predicted octanol–water partition coefficient (Wildman–Crippen LogP) is 2.15. The van der Waals surface area contributed by atoms with Gasteiger partial charge in [0.15, 0.2) is 5.96 Å². The molecule has 6 heteroatoms. The molecule has 0 radical (unpaired) electrons. The van der Waals surface area contributed by atoms with Crippen molar-refractivity contribution in [3.8, 4) is 5.75 Å². The highest BCUT2D eigenvalue weighted by Crippen LogP contribution is 2.28. The van der Waals surface area contributed by atoms with Crippen LogP contribution in [0.3, 0.4) is 0 Å².